The van der Waals surface area contributed by atoms with Crippen LogP contribution in [0.15, 0.2) is 24.3 Å². The standard InChI is InChI=1S/C13H20ClNO4/c14-11-2-1-3-13(8-11)19-10-12(17)9-15-4-6-18-7-5-16/h1-3,8,12,15-17H,4-7,9-10H2/t12-/m1/s1. The van der Waals surface area contributed by atoms with Gasteiger partial charge in [-0.2, -0.15) is 0 Å². The van der Waals surface area contributed by atoms with Crippen LogP contribution < -0.4 is 10.1 Å². The largest absolute Gasteiger partial charge is 0.491 e. The Morgan fingerprint density at radius 3 is 2.89 bits per heavy atom. The summed E-state index contributed by atoms with van der Waals surface area (Å²) < 4.78 is 10.5. The number of rotatable bonds is 10. The van der Waals surface area contributed by atoms with Crippen molar-refractivity contribution in [3.8, 4) is 5.75 Å². The van der Waals surface area contributed by atoms with E-state index in [1.54, 1.807) is 24.3 Å². The highest BCUT2D eigenvalue weighted by Crippen LogP contribution is 2.17. The molecule has 108 valence electrons. The minimum atomic E-state index is -0.600. The molecule has 0 heterocycles. The first-order chi connectivity index (χ1) is 9.22. The normalized spacial score (nSPS) is 12.4. The molecule has 1 atom stereocenters. The number of aliphatic hydroxyl groups excluding tert-OH is 2. The first kappa shape index (κ1) is 16.2. The van der Waals surface area contributed by atoms with Crippen molar-refractivity contribution >= 4 is 11.6 Å². The number of hydrogen-bond donors (Lipinski definition) is 3. The van der Waals surface area contributed by atoms with E-state index in [9.17, 15) is 5.11 Å². The average Bonchev–Trinajstić information content (AvgIpc) is 2.40. The zero-order chi connectivity index (χ0) is 13.9. The van der Waals surface area contributed by atoms with Gasteiger partial charge in [-0.15, -0.1) is 0 Å². The van der Waals surface area contributed by atoms with Gasteiger partial charge in [0.2, 0.25) is 0 Å². The number of benzene rings is 1. The van der Waals surface area contributed by atoms with E-state index in [4.69, 9.17) is 26.2 Å². The van der Waals surface area contributed by atoms with E-state index in [1.165, 1.54) is 0 Å². The van der Waals surface area contributed by atoms with Crippen LogP contribution >= 0.6 is 11.6 Å². The number of ether oxygens (including phenoxy) is 2. The summed E-state index contributed by atoms with van der Waals surface area (Å²) in [5.74, 6) is 0.637. The van der Waals surface area contributed by atoms with Gasteiger partial charge in [-0.3, -0.25) is 0 Å². The maximum absolute atomic E-state index is 9.68. The highest BCUT2D eigenvalue weighted by Gasteiger charge is 2.04. The van der Waals surface area contributed by atoms with Crippen molar-refractivity contribution in [2.45, 2.75) is 6.10 Å². The second-order valence-corrected chi connectivity index (χ2v) is 4.40. The van der Waals surface area contributed by atoms with Gasteiger partial charge in [0.1, 0.15) is 18.5 Å². The summed E-state index contributed by atoms with van der Waals surface area (Å²) in [7, 11) is 0. The van der Waals surface area contributed by atoms with Crippen molar-refractivity contribution in [3.63, 3.8) is 0 Å². The van der Waals surface area contributed by atoms with Crippen LogP contribution in [0.4, 0.5) is 0 Å². The molecule has 5 nitrogen and oxygen atoms in total. The summed E-state index contributed by atoms with van der Waals surface area (Å²) in [6.07, 6.45) is -0.600. The predicted molar refractivity (Wildman–Crippen MR) is 73.7 cm³/mol. The lowest BCUT2D eigenvalue weighted by Gasteiger charge is -2.13. The van der Waals surface area contributed by atoms with Gasteiger partial charge in [0, 0.05) is 18.1 Å². The smallest absolute Gasteiger partial charge is 0.120 e. The third-order valence-electron chi connectivity index (χ3n) is 2.28. The molecule has 0 unspecified atom stereocenters. The monoisotopic (exact) mass is 289 g/mol. The fourth-order valence-electron chi connectivity index (χ4n) is 1.39. The second-order valence-electron chi connectivity index (χ2n) is 3.96. The summed E-state index contributed by atoms with van der Waals surface area (Å²) in [6, 6.07) is 7.04. The summed E-state index contributed by atoms with van der Waals surface area (Å²) in [5.41, 5.74) is 0. The quantitative estimate of drug-likeness (QED) is 0.553. The van der Waals surface area contributed by atoms with Crippen LogP contribution in [0.3, 0.4) is 0 Å². The molecule has 0 spiro atoms. The van der Waals surface area contributed by atoms with E-state index in [2.05, 4.69) is 5.32 Å². The highest BCUT2D eigenvalue weighted by molar-refractivity contribution is 6.30. The van der Waals surface area contributed by atoms with Crippen LogP contribution in [0.25, 0.3) is 0 Å². The Morgan fingerprint density at radius 1 is 1.32 bits per heavy atom. The van der Waals surface area contributed by atoms with Crippen molar-refractivity contribution in [1.82, 2.24) is 5.32 Å². The molecular formula is C13H20ClNO4. The lowest BCUT2D eigenvalue weighted by molar-refractivity contribution is 0.0842. The second kappa shape index (κ2) is 10.00. The fraction of sp³-hybridized carbons (Fsp3) is 0.538. The summed E-state index contributed by atoms with van der Waals surface area (Å²) >= 11 is 5.82. The Bertz CT molecular complexity index is 351. The van der Waals surface area contributed by atoms with Crippen molar-refractivity contribution in [2.24, 2.45) is 0 Å². The van der Waals surface area contributed by atoms with Gasteiger partial charge in [0.15, 0.2) is 0 Å². The molecule has 0 aliphatic heterocycles. The van der Waals surface area contributed by atoms with Crippen molar-refractivity contribution in [2.75, 3.05) is 39.5 Å². The molecule has 0 fully saturated rings. The number of hydrogen-bond acceptors (Lipinski definition) is 5. The van der Waals surface area contributed by atoms with Crippen LogP contribution in [-0.2, 0) is 4.74 Å². The first-order valence-electron chi connectivity index (χ1n) is 6.18. The predicted octanol–water partition coefficient (Wildman–Crippen LogP) is 0.678. The van der Waals surface area contributed by atoms with E-state index in [-0.39, 0.29) is 13.2 Å². The van der Waals surface area contributed by atoms with E-state index >= 15 is 0 Å². The molecule has 6 heteroatoms. The highest BCUT2D eigenvalue weighted by atomic mass is 35.5. The minimum Gasteiger partial charge on any atom is -0.491 e. The SMILES string of the molecule is OCCOCCNC[C@@H](O)COc1cccc(Cl)c1. The summed E-state index contributed by atoms with van der Waals surface area (Å²) in [6.45, 7) is 2.10. The molecule has 1 aromatic carbocycles. The molecule has 1 rings (SSSR count). The van der Waals surface area contributed by atoms with Crippen molar-refractivity contribution in [1.29, 1.82) is 0 Å². The lowest BCUT2D eigenvalue weighted by atomic mass is 10.3. The number of halogens is 1. The lowest BCUT2D eigenvalue weighted by Crippen LogP contribution is -2.33. The Labute approximate surface area is 118 Å². The molecule has 3 N–H and O–H groups in total. The zero-order valence-corrected chi connectivity index (χ0v) is 11.5. The molecule has 0 saturated carbocycles. The Kier molecular flexibility index (Phi) is 8.53. The average molecular weight is 290 g/mol. The topological polar surface area (TPSA) is 71.0 Å². The Morgan fingerprint density at radius 2 is 2.16 bits per heavy atom. The maximum Gasteiger partial charge on any atom is 0.120 e. The van der Waals surface area contributed by atoms with Crippen LogP contribution in [-0.4, -0.2) is 55.8 Å². The van der Waals surface area contributed by atoms with Gasteiger partial charge in [-0.05, 0) is 18.2 Å². The zero-order valence-electron chi connectivity index (χ0n) is 10.7. The molecule has 1 aromatic rings. The third kappa shape index (κ3) is 8.02. The van der Waals surface area contributed by atoms with E-state index in [0.717, 1.165) is 0 Å². The van der Waals surface area contributed by atoms with Crippen molar-refractivity contribution in [3.05, 3.63) is 29.3 Å². The number of aliphatic hydroxyl groups is 2. The molecule has 0 saturated heterocycles. The first-order valence-corrected chi connectivity index (χ1v) is 6.56. The molecule has 19 heavy (non-hydrogen) atoms. The van der Waals surface area contributed by atoms with Gasteiger partial charge in [0.05, 0.1) is 19.8 Å². The number of nitrogens with one attached hydrogen (secondary N) is 1. The molecule has 0 aliphatic carbocycles. The minimum absolute atomic E-state index is 0.0239. The maximum atomic E-state index is 9.68. The molecule has 0 bridgehead atoms. The summed E-state index contributed by atoms with van der Waals surface area (Å²) in [4.78, 5) is 0. The van der Waals surface area contributed by atoms with Crippen LogP contribution in [0.1, 0.15) is 0 Å². The molecule has 0 aromatic heterocycles. The molecule has 0 radical (unpaired) electrons. The molecule has 0 aliphatic rings. The van der Waals surface area contributed by atoms with Gasteiger partial charge in [0.25, 0.3) is 0 Å². The van der Waals surface area contributed by atoms with Gasteiger partial charge >= 0.3 is 0 Å². The van der Waals surface area contributed by atoms with Gasteiger partial charge < -0.3 is 25.0 Å². The van der Waals surface area contributed by atoms with Crippen LogP contribution in [0.5, 0.6) is 5.75 Å². The van der Waals surface area contributed by atoms with E-state index in [0.29, 0.717) is 37.1 Å². The van der Waals surface area contributed by atoms with Crippen LogP contribution in [0.2, 0.25) is 5.02 Å². The molecular weight excluding hydrogens is 270 g/mol. The third-order valence-corrected chi connectivity index (χ3v) is 2.51. The fourth-order valence-corrected chi connectivity index (χ4v) is 1.57. The van der Waals surface area contributed by atoms with Crippen LogP contribution in [0, 0.1) is 0 Å². The van der Waals surface area contributed by atoms with Crippen molar-refractivity contribution < 1.29 is 19.7 Å². The Hall–Kier alpha value is -0.850. The van der Waals surface area contributed by atoms with Gasteiger partial charge in [-0.25, -0.2) is 0 Å². The molecule has 0 amide bonds. The summed E-state index contributed by atoms with van der Waals surface area (Å²) in [5, 5.41) is 21.8. The Balaban J connectivity index is 2.06. The van der Waals surface area contributed by atoms with Gasteiger partial charge in [-0.1, -0.05) is 17.7 Å². The van der Waals surface area contributed by atoms with E-state index in [1.807, 2.05) is 0 Å². The van der Waals surface area contributed by atoms with E-state index < -0.39 is 6.10 Å².